The van der Waals surface area contributed by atoms with Gasteiger partial charge in [0.1, 0.15) is 12.0 Å². The van der Waals surface area contributed by atoms with Crippen molar-refractivity contribution in [2.45, 2.75) is 20.3 Å². The number of carboxylic acids is 1. The smallest absolute Gasteiger partial charge is 0.335 e. The van der Waals surface area contributed by atoms with Crippen molar-refractivity contribution in [3.8, 4) is 22.9 Å². The Morgan fingerprint density at radius 3 is 2.72 bits per heavy atom. The summed E-state index contributed by atoms with van der Waals surface area (Å²) in [6.45, 7) is 3.77. The lowest BCUT2D eigenvalue weighted by Gasteiger charge is -2.07. The van der Waals surface area contributed by atoms with Gasteiger partial charge in [-0.15, -0.1) is 0 Å². The molecular weight excluding hydrogens is 411 g/mol. The monoisotopic (exact) mass is 430 g/mol. The minimum Gasteiger partial charge on any atom is -0.478 e. The van der Waals surface area contributed by atoms with Gasteiger partial charge in [0.25, 0.3) is 0 Å². The molecule has 0 unspecified atom stereocenters. The number of aromatic carboxylic acids is 1. The van der Waals surface area contributed by atoms with Gasteiger partial charge in [-0.05, 0) is 60.9 Å². The SMILES string of the molecule is CCc1cc(-c2cc3c(Oc4ccc5[nH]c(C)cc5c4F)ncnc3[nH]2)ccc1C(=O)O. The van der Waals surface area contributed by atoms with Crippen LogP contribution in [0.15, 0.2) is 48.8 Å². The van der Waals surface area contributed by atoms with Crippen LogP contribution in [-0.4, -0.2) is 31.0 Å². The van der Waals surface area contributed by atoms with Gasteiger partial charge in [0.05, 0.1) is 10.9 Å². The van der Waals surface area contributed by atoms with E-state index in [0.29, 0.717) is 28.4 Å². The van der Waals surface area contributed by atoms with Crippen LogP contribution >= 0.6 is 0 Å². The van der Waals surface area contributed by atoms with Crippen molar-refractivity contribution >= 4 is 27.9 Å². The van der Waals surface area contributed by atoms with Gasteiger partial charge in [-0.2, -0.15) is 0 Å². The molecule has 0 spiro atoms. The molecule has 0 amide bonds. The molecule has 0 saturated carbocycles. The number of rotatable bonds is 5. The predicted molar refractivity (Wildman–Crippen MR) is 119 cm³/mol. The summed E-state index contributed by atoms with van der Waals surface area (Å²) in [4.78, 5) is 26.2. The average molecular weight is 430 g/mol. The van der Waals surface area contributed by atoms with E-state index in [1.165, 1.54) is 6.33 Å². The van der Waals surface area contributed by atoms with Gasteiger partial charge in [0.2, 0.25) is 5.88 Å². The van der Waals surface area contributed by atoms with E-state index in [1.54, 1.807) is 30.3 Å². The molecular formula is C24H19FN4O3. The number of halogens is 1. The lowest BCUT2D eigenvalue weighted by atomic mass is 10.0. The summed E-state index contributed by atoms with van der Waals surface area (Å²) < 4.78 is 20.8. The lowest BCUT2D eigenvalue weighted by Crippen LogP contribution is -2.01. The molecule has 0 aliphatic heterocycles. The zero-order valence-corrected chi connectivity index (χ0v) is 17.4. The van der Waals surface area contributed by atoms with Crippen molar-refractivity contribution in [2.24, 2.45) is 0 Å². The molecule has 3 N–H and O–H groups in total. The molecule has 3 heterocycles. The van der Waals surface area contributed by atoms with Gasteiger partial charge in [0, 0.05) is 22.3 Å². The van der Waals surface area contributed by atoms with Gasteiger partial charge in [-0.1, -0.05) is 13.0 Å². The standard InChI is InChI=1S/C24H19FN4O3/c1-3-13-9-14(4-5-15(13)24(30)31)19-10-17-22(29-19)26-11-27-23(17)32-20-7-6-18-16(21(20)25)8-12(2)28-18/h4-11,28H,3H2,1-2H3,(H,30,31)(H,26,27,29). The van der Waals surface area contributed by atoms with Crippen LogP contribution < -0.4 is 4.74 Å². The fraction of sp³-hybridized carbons (Fsp3) is 0.125. The first-order valence-corrected chi connectivity index (χ1v) is 10.1. The summed E-state index contributed by atoms with van der Waals surface area (Å²) in [7, 11) is 0. The van der Waals surface area contributed by atoms with E-state index in [-0.39, 0.29) is 17.2 Å². The Hall–Kier alpha value is -4.20. The Morgan fingerprint density at radius 2 is 1.94 bits per heavy atom. The van der Waals surface area contributed by atoms with Gasteiger partial charge >= 0.3 is 5.97 Å². The van der Waals surface area contributed by atoms with Crippen LogP contribution in [0.25, 0.3) is 33.2 Å². The van der Waals surface area contributed by atoms with Crippen LogP contribution in [0.3, 0.4) is 0 Å². The maximum absolute atomic E-state index is 15.0. The Morgan fingerprint density at radius 1 is 1.09 bits per heavy atom. The number of hydrogen-bond donors (Lipinski definition) is 3. The quantitative estimate of drug-likeness (QED) is 0.336. The molecule has 0 saturated heterocycles. The normalized spacial score (nSPS) is 11.3. The molecule has 160 valence electrons. The Kier molecular flexibility index (Phi) is 4.62. The summed E-state index contributed by atoms with van der Waals surface area (Å²) in [5, 5.41) is 10.4. The number of aromatic nitrogens is 4. The molecule has 0 atom stereocenters. The third-order valence-corrected chi connectivity index (χ3v) is 5.46. The van der Waals surface area contributed by atoms with Crippen LogP contribution in [0.5, 0.6) is 11.6 Å². The number of nitrogens with one attached hydrogen (secondary N) is 2. The number of nitrogens with zero attached hydrogens (tertiary/aromatic N) is 2. The first kappa shape index (κ1) is 19.7. The number of H-pyrrole nitrogens is 2. The fourth-order valence-corrected chi connectivity index (χ4v) is 3.89. The highest BCUT2D eigenvalue weighted by Gasteiger charge is 2.17. The molecule has 2 aromatic carbocycles. The second kappa shape index (κ2) is 7.49. The van der Waals surface area contributed by atoms with E-state index < -0.39 is 11.8 Å². The number of hydrogen-bond acceptors (Lipinski definition) is 4. The third-order valence-electron chi connectivity index (χ3n) is 5.46. The van der Waals surface area contributed by atoms with E-state index in [1.807, 2.05) is 26.0 Å². The van der Waals surface area contributed by atoms with Crippen molar-refractivity contribution in [1.82, 2.24) is 19.9 Å². The van der Waals surface area contributed by atoms with Crippen LogP contribution in [-0.2, 0) is 6.42 Å². The first-order valence-electron chi connectivity index (χ1n) is 10.1. The van der Waals surface area contributed by atoms with Gasteiger partial charge in [-0.3, -0.25) is 0 Å². The predicted octanol–water partition coefficient (Wildman–Crippen LogP) is 5.61. The Bertz CT molecular complexity index is 1500. The molecule has 0 bridgehead atoms. The van der Waals surface area contributed by atoms with Crippen LogP contribution in [0.2, 0.25) is 0 Å². The molecule has 5 aromatic rings. The maximum atomic E-state index is 15.0. The van der Waals surface area contributed by atoms with E-state index >= 15 is 0 Å². The summed E-state index contributed by atoms with van der Waals surface area (Å²) >= 11 is 0. The van der Waals surface area contributed by atoms with E-state index in [2.05, 4.69) is 19.9 Å². The third kappa shape index (κ3) is 3.26. The number of aryl methyl sites for hydroxylation is 2. The van der Waals surface area contributed by atoms with E-state index in [4.69, 9.17) is 4.74 Å². The number of carbonyl (C=O) groups is 1. The minimum absolute atomic E-state index is 0.0679. The second-order valence-electron chi connectivity index (χ2n) is 7.55. The highest BCUT2D eigenvalue weighted by atomic mass is 19.1. The topological polar surface area (TPSA) is 104 Å². The summed E-state index contributed by atoms with van der Waals surface area (Å²) in [5.74, 6) is -1.13. The Labute approximate surface area is 181 Å². The van der Waals surface area contributed by atoms with Crippen molar-refractivity contribution in [3.63, 3.8) is 0 Å². The Balaban J connectivity index is 1.56. The number of benzene rings is 2. The summed E-state index contributed by atoms with van der Waals surface area (Å²) in [6, 6.07) is 12.0. The fourth-order valence-electron chi connectivity index (χ4n) is 3.89. The van der Waals surface area contributed by atoms with E-state index in [9.17, 15) is 14.3 Å². The number of aromatic amines is 2. The van der Waals surface area contributed by atoms with Gasteiger partial charge in [0.15, 0.2) is 11.6 Å². The summed E-state index contributed by atoms with van der Waals surface area (Å²) in [6.07, 6.45) is 1.93. The van der Waals surface area contributed by atoms with Crippen LogP contribution in [0, 0.1) is 12.7 Å². The van der Waals surface area contributed by atoms with Crippen molar-refractivity contribution in [3.05, 3.63) is 71.4 Å². The second-order valence-corrected chi connectivity index (χ2v) is 7.55. The maximum Gasteiger partial charge on any atom is 0.335 e. The van der Waals surface area contributed by atoms with Gasteiger partial charge in [-0.25, -0.2) is 19.2 Å². The van der Waals surface area contributed by atoms with Gasteiger partial charge < -0.3 is 19.8 Å². The van der Waals surface area contributed by atoms with Crippen LogP contribution in [0.4, 0.5) is 4.39 Å². The number of fused-ring (bicyclic) bond motifs is 2. The molecule has 3 aromatic heterocycles. The molecule has 8 heteroatoms. The highest BCUT2D eigenvalue weighted by Crippen LogP contribution is 2.34. The average Bonchev–Trinajstić information content (AvgIpc) is 3.39. The molecule has 0 radical (unpaired) electrons. The number of carboxylic acid groups (broad SMARTS) is 1. The zero-order valence-electron chi connectivity index (χ0n) is 17.4. The van der Waals surface area contributed by atoms with Crippen molar-refractivity contribution in [2.75, 3.05) is 0 Å². The first-order chi connectivity index (χ1) is 15.4. The number of ether oxygens (including phenoxy) is 1. The summed E-state index contributed by atoms with van der Waals surface area (Å²) in [5.41, 5.74) is 4.64. The minimum atomic E-state index is -0.955. The zero-order chi connectivity index (χ0) is 22.4. The highest BCUT2D eigenvalue weighted by molar-refractivity contribution is 5.91. The largest absolute Gasteiger partial charge is 0.478 e. The van der Waals surface area contributed by atoms with Crippen molar-refractivity contribution < 1.29 is 19.0 Å². The molecule has 0 aliphatic rings. The molecule has 32 heavy (non-hydrogen) atoms. The van der Waals surface area contributed by atoms with Crippen LogP contribution in [0.1, 0.15) is 28.5 Å². The van der Waals surface area contributed by atoms with E-state index in [0.717, 1.165) is 22.5 Å². The molecule has 0 aliphatic carbocycles. The molecule has 0 fully saturated rings. The molecule has 5 rings (SSSR count). The molecule has 7 nitrogen and oxygen atoms in total. The lowest BCUT2D eigenvalue weighted by molar-refractivity contribution is 0.0695. The van der Waals surface area contributed by atoms with Crippen molar-refractivity contribution in [1.29, 1.82) is 0 Å².